The molecule has 0 saturated heterocycles. The molecule has 3 aromatic carbocycles. The Morgan fingerprint density at radius 2 is 1.57 bits per heavy atom. The molecule has 0 aromatic heterocycles. The van der Waals surface area contributed by atoms with E-state index in [2.05, 4.69) is 0 Å². The molecular weight excluding hydrogens is 446 g/mol. The van der Waals surface area contributed by atoms with Crippen LogP contribution in [-0.2, 0) is 17.8 Å². The summed E-state index contributed by atoms with van der Waals surface area (Å²) in [5, 5.41) is 8.99. The summed E-state index contributed by atoms with van der Waals surface area (Å²) in [6.45, 7) is 3.02. The quantitative estimate of drug-likeness (QED) is 0.367. The van der Waals surface area contributed by atoms with Gasteiger partial charge in [-0.25, -0.2) is 0 Å². The molecule has 0 saturated carbocycles. The topological polar surface area (TPSA) is 85.3 Å². The third-order valence-corrected chi connectivity index (χ3v) is 5.48. The zero-order valence-electron chi connectivity index (χ0n) is 20.3. The fourth-order valence-electron chi connectivity index (χ4n) is 3.71. The Labute approximate surface area is 205 Å². The molecule has 0 spiro atoms. The normalized spacial score (nSPS) is 10.5. The second kappa shape index (κ2) is 12.5. The molecule has 0 aliphatic carbocycles. The molecule has 0 aliphatic heterocycles. The van der Waals surface area contributed by atoms with E-state index in [1.165, 1.54) is 7.11 Å². The number of carboxylic acids is 1. The van der Waals surface area contributed by atoms with Crippen LogP contribution in [0.25, 0.3) is 0 Å². The Kier molecular flexibility index (Phi) is 9.12. The van der Waals surface area contributed by atoms with Crippen LogP contribution >= 0.6 is 0 Å². The standard InChI is InChI=1S/C28H31NO6/c1-4-16-29(28(32)25-17-20(11-15-27(30)31)10-14-26(25)34-3)19-21-8-12-22(13-9-21)35-24-7-5-6-23(18-24)33-2/h5-10,12-14,17-18H,4,11,15-16,19H2,1-3H3,(H,30,31). The Bertz CT molecular complexity index is 1140. The smallest absolute Gasteiger partial charge is 0.303 e. The fourth-order valence-corrected chi connectivity index (χ4v) is 3.71. The van der Waals surface area contributed by atoms with Crippen molar-refractivity contribution in [3.05, 3.63) is 83.4 Å². The molecule has 0 unspecified atom stereocenters. The van der Waals surface area contributed by atoms with Crippen molar-refractivity contribution in [2.24, 2.45) is 0 Å². The van der Waals surface area contributed by atoms with Crippen molar-refractivity contribution in [3.8, 4) is 23.0 Å². The van der Waals surface area contributed by atoms with Gasteiger partial charge >= 0.3 is 5.97 Å². The summed E-state index contributed by atoms with van der Waals surface area (Å²) >= 11 is 0. The summed E-state index contributed by atoms with van der Waals surface area (Å²) in [6.07, 6.45) is 1.15. The third-order valence-electron chi connectivity index (χ3n) is 5.48. The van der Waals surface area contributed by atoms with Crippen LogP contribution in [0.2, 0.25) is 0 Å². The van der Waals surface area contributed by atoms with Crippen molar-refractivity contribution >= 4 is 11.9 Å². The lowest BCUT2D eigenvalue weighted by molar-refractivity contribution is -0.136. The summed E-state index contributed by atoms with van der Waals surface area (Å²) in [5.74, 6) is 1.52. The van der Waals surface area contributed by atoms with E-state index in [-0.39, 0.29) is 12.3 Å². The minimum Gasteiger partial charge on any atom is -0.497 e. The number of hydrogen-bond donors (Lipinski definition) is 1. The van der Waals surface area contributed by atoms with Crippen molar-refractivity contribution in [1.82, 2.24) is 4.90 Å². The van der Waals surface area contributed by atoms with Crippen molar-refractivity contribution in [2.45, 2.75) is 32.7 Å². The highest BCUT2D eigenvalue weighted by molar-refractivity contribution is 5.97. The van der Waals surface area contributed by atoms with Gasteiger partial charge in [-0.15, -0.1) is 0 Å². The first-order chi connectivity index (χ1) is 16.9. The van der Waals surface area contributed by atoms with Crippen LogP contribution in [0, 0.1) is 0 Å². The van der Waals surface area contributed by atoms with Crippen LogP contribution in [0.4, 0.5) is 0 Å². The van der Waals surface area contributed by atoms with E-state index in [0.29, 0.717) is 42.3 Å². The van der Waals surface area contributed by atoms with Gasteiger partial charge in [0.1, 0.15) is 23.0 Å². The molecule has 0 bridgehead atoms. The van der Waals surface area contributed by atoms with Gasteiger partial charge < -0.3 is 24.2 Å². The van der Waals surface area contributed by atoms with E-state index in [4.69, 9.17) is 19.3 Å². The third kappa shape index (κ3) is 7.24. The summed E-state index contributed by atoms with van der Waals surface area (Å²) < 4.78 is 16.6. The van der Waals surface area contributed by atoms with Crippen molar-refractivity contribution in [3.63, 3.8) is 0 Å². The SMILES string of the molecule is CCCN(Cc1ccc(Oc2cccc(OC)c2)cc1)C(=O)c1cc(CCC(=O)O)ccc1OC. The molecule has 1 amide bonds. The molecule has 7 nitrogen and oxygen atoms in total. The van der Waals surface area contributed by atoms with Crippen molar-refractivity contribution < 1.29 is 28.9 Å². The van der Waals surface area contributed by atoms with Gasteiger partial charge in [-0.1, -0.05) is 31.2 Å². The molecule has 0 radical (unpaired) electrons. The summed E-state index contributed by atoms with van der Waals surface area (Å²) in [4.78, 5) is 26.2. The molecular formula is C28H31NO6. The van der Waals surface area contributed by atoms with E-state index in [1.54, 1.807) is 30.2 Å². The average Bonchev–Trinajstić information content (AvgIpc) is 2.87. The van der Waals surface area contributed by atoms with E-state index in [9.17, 15) is 9.59 Å². The molecule has 0 heterocycles. The number of nitrogens with zero attached hydrogens (tertiary/aromatic N) is 1. The van der Waals surface area contributed by atoms with Crippen LogP contribution in [0.3, 0.4) is 0 Å². The van der Waals surface area contributed by atoms with Crippen molar-refractivity contribution in [2.75, 3.05) is 20.8 Å². The fraction of sp³-hybridized carbons (Fsp3) is 0.286. The second-order valence-electron chi connectivity index (χ2n) is 8.08. The molecule has 35 heavy (non-hydrogen) atoms. The molecule has 0 fully saturated rings. The minimum absolute atomic E-state index is 0.00279. The zero-order valence-corrected chi connectivity index (χ0v) is 20.3. The van der Waals surface area contributed by atoms with E-state index in [0.717, 1.165) is 23.3 Å². The van der Waals surface area contributed by atoms with E-state index < -0.39 is 5.97 Å². The molecule has 3 aromatic rings. The first-order valence-corrected chi connectivity index (χ1v) is 11.5. The number of carboxylic acid groups (broad SMARTS) is 1. The molecule has 1 N–H and O–H groups in total. The second-order valence-corrected chi connectivity index (χ2v) is 8.08. The highest BCUT2D eigenvalue weighted by Crippen LogP contribution is 2.27. The summed E-state index contributed by atoms with van der Waals surface area (Å²) in [6, 6.07) is 20.3. The van der Waals surface area contributed by atoms with Crippen LogP contribution in [0.1, 0.15) is 41.3 Å². The molecule has 0 atom stereocenters. The number of aliphatic carboxylic acids is 1. The van der Waals surface area contributed by atoms with Gasteiger partial charge in [0.25, 0.3) is 5.91 Å². The first-order valence-electron chi connectivity index (χ1n) is 11.5. The predicted octanol–water partition coefficient (Wildman–Crippen LogP) is 5.57. The molecule has 184 valence electrons. The van der Waals surface area contributed by atoms with Gasteiger partial charge in [0, 0.05) is 25.6 Å². The number of methoxy groups -OCH3 is 2. The summed E-state index contributed by atoms with van der Waals surface area (Å²) in [5.41, 5.74) is 2.18. The first kappa shape index (κ1) is 25.6. The van der Waals surface area contributed by atoms with E-state index >= 15 is 0 Å². The van der Waals surface area contributed by atoms with Gasteiger partial charge in [0.2, 0.25) is 0 Å². The van der Waals surface area contributed by atoms with Gasteiger partial charge in [0.15, 0.2) is 0 Å². The highest BCUT2D eigenvalue weighted by atomic mass is 16.5. The predicted molar refractivity (Wildman–Crippen MR) is 133 cm³/mol. The van der Waals surface area contributed by atoms with Gasteiger partial charge in [-0.05, 0) is 60.4 Å². The highest BCUT2D eigenvalue weighted by Gasteiger charge is 2.20. The van der Waals surface area contributed by atoms with Crippen LogP contribution in [0.5, 0.6) is 23.0 Å². The summed E-state index contributed by atoms with van der Waals surface area (Å²) in [7, 11) is 3.13. The lowest BCUT2D eigenvalue weighted by atomic mass is 10.0. The Balaban J connectivity index is 1.75. The van der Waals surface area contributed by atoms with Crippen molar-refractivity contribution in [1.29, 1.82) is 0 Å². The van der Waals surface area contributed by atoms with E-state index in [1.807, 2.05) is 55.5 Å². The number of rotatable bonds is 12. The van der Waals surface area contributed by atoms with Crippen LogP contribution in [-0.4, -0.2) is 42.6 Å². The average molecular weight is 478 g/mol. The largest absolute Gasteiger partial charge is 0.497 e. The Morgan fingerprint density at radius 3 is 2.23 bits per heavy atom. The molecule has 7 heteroatoms. The molecule has 0 aliphatic rings. The maximum absolute atomic E-state index is 13.5. The lowest BCUT2D eigenvalue weighted by Gasteiger charge is -2.24. The number of aryl methyl sites for hydroxylation is 1. The zero-order chi connectivity index (χ0) is 25.2. The lowest BCUT2D eigenvalue weighted by Crippen LogP contribution is -2.31. The van der Waals surface area contributed by atoms with Gasteiger partial charge in [-0.3, -0.25) is 9.59 Å². The van der Waals surface area contributed by atoms with Gasteiger partial charge in [-0.2, -0.15) is 0 Å². The maximum Gasteiger partial charge on any atom is 0.303 e. The number of carbonyl (C=O) groups is 2. The van der Waals surface area contributed by atoms with Crippen LogP contribution < -0.4 is 14.2 Å². The number of ether oxygens (including phenoxy) is 3. The number of benzene rings is 3. The minimum atomic E-state index is -0.875. The van der Waals surface area contributed by atoms with Gasteiger partial charge in [0.05, 0.1) is 19.8 Å². The molecule has 3 rings (SSSR count). The maximum atomic E-state index is 13.5. The number of hydrogen-bond acceptors (Lipinski definition) is 5. The Hall–Kier alpha value is -4.00. The number of amides is 1. The number of carbonyl (C=O) groups excluding carboxylic acids is 1. The monoisotopic (exact) mass is 477 g/mol. The van der Waals surface area contributed by atoms with Crippen LogP contribution in [0.15, 0.2) is 66.7 Å². The Morgan fingerprint density at radius 1 is 0.857 bits per heavy atom.